The smallest absolute Gasteiger partial charge is 0.142 e. The molecule has 0 radical (unpaired) electrons. The Morgan fingerprint density at radius 1 is 1.21 bits per heavy atom. The molecule has 2 aliphatic rings. The molecule has 0 aromatic carbocycles. The fourth-order valence-corrected chi connectivity index (χ4v) is 5.66. The summed E-state index contributed by atoms with van der Waals surface area (Å²) >= 11 is 7.29. The Balaban J connectivity index is 1.67. The van der Waals surface area contributed by atoms with Gasteiger partial charge in [0.1, 0.15) is 16.6 Å². The molecule has 1 aliphatic heterocycles. The first kappa shape index (κ1) is 19.8. The number of nitrogens with one attached hydrogen (secondary N) is 1. The third-order valence-corrected chi connectivity index (χ3v) is 7.38. The third-order valence-electron chi connectivity index (χ3n) is 6.08. The molecule has 1 aliphatic carbocycles. The summed E-state index contributed by atoms with van der Waals surface area (Å²) in [4.78, 5) is 16.8. The van der Waals surface area contributed by atoms with Crippen molar-refractivity contribution in [2.24, 2.45) is 22.7 Å². The Bertz CT molecular complexity index is 949. The fourth-order valence-electron chi connectivity index (χ4n) is 4.67. The first-order chi connectivity index (χ1) is 13.7. The Kier molecular flexibility index (Phi) is 6.27. The van der Waals surface area contributed by atoms with E-state index >= 15 is 0 Å². The van der Waals surface area contributed by atoms with Gasteiger partial charge in [0.25, 0.3) is 0 Å². The van der Waals surface area contributed by atoms with Crippen LogP contribution in [0.2, 0.25) is 0 Å². The van der Waals surface area contributed by atoms with Crippen LogP contribution in [-0.2, 0) is 0 Å². The van der Waals surface area contributed by atoms with Crippen molar-refractivity contribution in [2.45, 2.75) is 44.9 Å². The summed E-state index contributed by atoms with van der Waals surface area (Å²) in [5.41, 5.74) is 2.72. The lowest BCUT2D eigenvalue weighted by atomic mass is 9.80. The molecule has 2 unspecified atom stereocenters. The van der Waals surface area contributed by atoms with Crippen molar-refractivity contribution in [1.29, 1.82) is 5.26 Å². The molecule has 2 aromatic rings. The monoisotopic (exact) mass is 503 g/mol. The summed E-state index contributed by atoms with van der Waals surface area (Å²) in [6.07, 6.45) is 13.7. The van der Waals surface area contributed by atoms with Crippen LogP contribution in [0.4, 0.5) is 0 Å². The average Bonchev–Trinajstić information content (AvgIpc) is 3.31. The minimum absolute atomic E-state index is 0.399. The maximum Gasteiger partial charge on any atom is 0.142 e. The third kappa shape index (κ3) is 4.08. The minimum Gasteiger partial charge on any atom is -0.345 e. The molecule has 0 spiro atoms. The van der Waals surface area contributed by atoms with Crippen molar-refractivity contribution < 1.29 is 0 Å². The molecule has 0 amide bonds. The second-order valence-electron chi connectivity index (χ2n) is 7.79. The van der Waals surface area contributed by atoms with E-state index in [1.165, 1.54) is 25.7 Å². The molecule has 1 saturated carbocycles. The van der Waals surface area contributed by atoms with Gasteiger partial charge in [0.2, 0.25) is 0 Å². The van der Waals surface area contributed by atoms with Crippen LogP contribution in [0.3, 0.4) is 0 Å². The second-order valence-corrected chi connectivity index (χ2v) is 9.39. The maximum absolute atomic E-state index is 9.36. The standard InChI is InChI=1S/C21H23Br2N5/c22-17-11-26-21-18(17)19(27-12-28-21)16-10-13(6-8-25-20(16)23)9-15(5-7-24)14-3-1-2-4-14/h10-15H,1-6,8-9H2,(H,26,27,28). The number of rotatable bonds is 5. The quantitative estimate of drug-likeness (QED) is 0.540. The van der Waals surface area contributed by atoms with Gasteiger partial charge in [0, 0.05) is 29.2 Å². The summed E-state index contributed by atoms with van der Waals surface area (Å²) in [6, 6.07) is 2.44. The number of aromatic nitrogens is 3. The first-order valence-corrected chi connectivity index (χ1v) is 11.5. The minimum atomic E-state index is 0.399. The number of nitriles is 1. The highest BCUT2D eigenvalue weighted by atomic mass is 79.9. The zero-order chi connectivity index (χ0) is 19.5. The summed E-state index contributed by atoms with van der Waals surface area (Å²) in [7, 11) is 0. The van der Waals surface area contributed by atoms with Crippen LogP contribution in [0.15, 0.2) is 28.1 Å². The number of nitrogens with zero attached hydrogens (tertiary/aromatic N) is 4. The van der Waals surface area contributed by atoms with Gasteiger partial charge in [-0.3, -0.25) is 4.99 Å². The van der Waals surface area contributed by atoms with Crippen molar-refractivity contribution in [3.63, 3.8) is 0 Å². The molecule has 4 rings (SSSR count). The van der Waals surface area contributed by atoms with E-state index in [-0.39, 0.29) is 0 Å². The predicted molar refractivity (Wildman–Crippen MR) is 119 cm³/mol. The van der Waals surface area contributed by atoms with Gasteiger partial charge in [-0.1, -0.05) is 31.8 Å². The normalized spacial score (nSPS) is 21.8. The second kappa shape index (κ2) is 8.87. The number of aromatic amines is 1. The van der Waals surface area contributed by atoms with Gasteiger partial charge in [0.15, 0.2) is 0 Å². The highest BCUT2D eigenvalue weighted by Gasteiger charge is 2.28. The van der Waals surface area contributed by atoms with Crippen molar-refractivity contribution in [1.82, 2.24) is 15.0 Å². The van der Waals surface area contributed by atoms with Crippen LogP contribution in [0.5, 0.6) is 0 Å². The van der Waals surface area contributed by atoms with Gasteiger partial charge in [-0.05, 0) is 62.5 Å². The highest BCUT2D eigenvalue weighted by molar-refractivity contribution is 9.18. The van der Waals surface area contributed by atoms with Crippen molar-refractivity contribution in [2.75, 3.05) is 6.54 Å². The molecule has 2 atom stereocenters. The van der Waals surface area contributed by atoms with E-state index < -0.39 is 0 Å². The van der Waals surface area contributed by atoms with E-state index in [0.29, 0.717) is 24.2 Å². The number of hydrogen-bond donors (Lipinski definition) is 1. The Morgan fingerprint density at radius 2 is 2.04 bits per heavy atom. The van der Waals surface area contributed by atoms with Crippen LogP contribution in [-0.4, -0.2) is 26.1 Å². The van der Waals surface area contributed by atoms with Crippen molar-refractivity contribution in [3.8, 4) is 6.07 Å². The number of aliphatic imine (C=N–C) groups is 1. The van der Waals surface area contributed by atoms with Crippen LogP contribution in [0.25, 0.3) is 16.6 Å². The van der Waals surface area contributed by atoms with Gasteiger partial charge in [-0.15, -0.1) is 0 Å². The van der Waals surface area contributed by atoms with Crippen molar-refractivity contribution in [3.05, 3.63) is 28.8 Å². The Labute approximate surface area is 182 Å². The van der Waals surface area contributed by atoms with Crippen LogP contribution < -0.4 is 0 Å². The molecular weight excluding hydrogens is 482 g/mol. The highest BCUT2D eigenvalue weighted by Crippen LogP contribution is 2.39. The molecular formula is C21H23Br2N5. The van der Waals surface area contributed by atoms with E-state index in [1.54, 1.807) is 6.33 Å². The Hall–Kier alpha value is -1.52. The number of fused-ring (bicyclic) bond motifs is 1. The number of H-pyrrole nitrogens is 1. The van der Waals surface area contributed by atoms with E-state index in [2.05, 4.69) is 59.0 Å². The summed E-state index contributed by atoms with van der Waals surface area (Å²) in [5.74, 6) is 1.58. The summed E-state index contributed by atoms with van der Waals surface area (Å²) in [6.45, 7) is 0.789. The molecule has 1 fully saturated rings. The molecule has 7 heteroatoms. The van der Waals surface area contributed by atoms with E-state index in [0.717, 1.165) is 50.8 Å². The van der Waals surface area contributed by atoms with E-state index in [9.17, 15) is 5.26 Å². The van der Waals surface area contributed by atoms with Gasteiger partial charge in [-0.2, -0.15) is 5.26 Å². The van der Waals surface area contributed by atoms with Crippen LogP contribution in [0, 0.1) is 29.1 Å². The lowest BCUT2D eigenvalue weighted by molar-refractivity contribution is 0.289. The van der Waals surface area contributed by atoms with Crippen LogP contribution in [0.1, 0.15) is 50.6 Å². The fraction of sp³-hybridized carbons (Fsp3) is 0.524. The predicted octanol–water partition coefficient (Wildman–Crippen LogP) is 6.03. The van der Waals surface area contributed by atoms with Crippen LogP contribution >= 0.6 is 31.9 Å². The van der Waals surface area contributed by atoms with Gasteiger partial charge in [0.05, 0.1) is 17.1 Å². The number of allylic oxidation sites excluding steroid dienone is 2. The zero-order valence-corrected chi connectivity index (χ0v) is 18.8. The molecule has 0 saturated heterocycles. The largest absolute Gasteiger partial charge is 0.345 e. The lowest BCUT2D eigenvalue weighted by Crippen LogP contribution is -2.16. The van der Waals surface area contributed by atoms with Gasteiger partial charge < -0.3 is 4.98 Å². The summed E-state index contributed by atoms with van der Waals surface area (Å²) in [5, 5.41) is 10.3. The maximum atomic E-state index is 9.36. The molecule has 2 aromatic heterocycles. The van der Waals surface area contributed by atoms with Crippen molar-refractivity contribution >= 4 is 53.1 Å². The molecule has 1 N–H and O–H groups in total. The molecule has 146 valence electrons. The molecule has 3 heterocycles. The van der Waals surface area contributed by atoms with E-state index in [1.807, 2.05) is 6.20 Å². The first-order valence-electron chi connectivity index (χ1n) is 9.94. The van der Waals surface area contributed by atoms with Gasteiger partial charge >= 0.3 is 0 Å². The lowest BCUT2D eigenvalue weighted by Gasteiger charge is -2.24. The van der Waals surface area contributed by atoms with Gasteiger partial charge in [-0.25, -0.2) is 9.97 Å². The topological polar surface area (TPSA) is 77.7 Å². The molecule has 28 heavy (non-hydrogen) atoms. The van der Waals surface area contributed by atoms with E-state index in [4.69, 9.17) is 4.99 Å². The average molecular weight is 505 g/mol. The SMILES string of the molecule is N#CCC(CC1C=C(c2ncnc3[nH]cc(Br)c23)C(Br)=NCC1)C1CCCC1. The summed E-state index contributed by atoms with van der Waals surface area (Å²) < 4.78 is 1.80. The number of hydrogen-bond acceptors (Lipinski definition) is 4. The number of halogens is 2. The molecule has 5 nitrogen and oxygen atoms in total. The molecule has 0 bridgehead atoms. The Morgan fingerprint density at radius 3 is 2.82 bits per heavy atom. The zero-order valence-electron chi connectivity index (χ0n) is 15.7.